The molecule has 0 aliphatic rings. The monoisotopic (exact) mass is 527 g/mol. The van der Waals surface area contributed by atoms with Crippen molar-refractivity contribution >= 4 is 50.7 Å². The molecule has 2 amide bonds. The Kier molecular flexibility index (Phi) is 9.02. The quantitative estimate of drug-likeness (QED) is 0.551. The molecule has 0 aromatic heterocycles. The third-order valence-corrected chi connectivity index (χ3v) is 6.88. The second-order valence-corrected chi connectivity index (χ2v) is 12.0. The predicted molar refractivity (Wildman–Crippen MR) is 138 cm³/mol. The van der Waals surface area contributed by atoms with Gasteiger partial charge in [-0.15, -0.1) is 0 Å². The minimum absolute atomic E-state index is 0.0416. The van der Waals surface area contributed by atoms with Gasteiger partial charge in [-0.25, -0.2) is 8.42 Å². The van der Waals surface area contributed by atoms with Crippen LogP contribution in [0.5, 0.6) is 0 Å². The molecule has 34 heavy (non-hydrogen) atoms. The summed E-state index contributed by atoms with van der Waals surface area (Å²) in [6.07, 6.45) is 1.04. The number of aryl methyl sites for hydroxylation is 1. The van der Waals surface area contributed by atoms with Crippen molar-refractivity contribution in [2.45, 2.75) is 52.7 Å². The number of nitrogens with zero attached hydrogens (tertiary/aromatic N) is 2. The van der Waals surface area contributed by atoms with Crippen LogP contribution < -0.4 is 9.62 Å². The van der Waals surface area contributed by atoms with Gasteiger partial charge in [-0.3, -0.25) is 13.9 Å². The van der Waals surface area contributed by atoms with Crippen LogP contribution in [-0.2, 0) is 26.2 Å². The second kappa shape index (κ2) is 11.0. The Labute approximate surface area is 212 Å². The summed E-state index contributed by atoms with van der Waals surface area (Å²) in [5, 5.41) is 3.55. The van der Waals surface area contributed by atoms with Gasteiger partial charge in [0.25, 0.3) is 0 Å². The highest BCUT2D eigenvalue weighted by molar-refractivity contribution is 7.92. The molecule has 186 valence electrons. The van der Waals surface area contributed by atoms with E-state index in [1.165, 1.54) is 4.90 Å². The lowest BCUT2D eigenvalue weighted by Gasteiger charge is -2.33. The summed E-state index contributed by atoms with van der Waals surface area (Å²) in [7, 11) is -3.77. The van der Waals surface area contributed by atoms with Crippen LogP contribution in [0.1, 0.15) is 38.8 Å². The molecule has 0 fully saturated rings. The van der Waals surface area contributed by atoms with Crippen LogP contribution in [0.15, 0.2) is 42.5 Å². The summed E-state index contributed by atoms with van der Waals surface area (Å²) in [6, 6.07) is 10.9. The molecular weight excluding hydrogens is 497 g/mol. The van der Waals surface area contributed by atoms with Crippen LogP contribution in [0.2, 0.25) is 10.0 Å². The Morgan fingerprint density at radius 1 is 1.03 bits per heavy atom. The minimum atomic E-state index is -3.77. The van der Waals surface area contributed by atoms with E-state index in [9.17, 15) is 18.0 Å². The van der Waals surface area contributed by atoms with E-state index in [1.807, 2.05) is 27.7 Å². The normalized spacial score (nSPS) is 12.7. The van der Waals surface area contributed by atoms with E-state index >= 15 is 0 Å². The number of halogens is 2. The van der Waals surface area contributed by atoms with Gasteiger partial charge >= 0.3 is 0 Å². The van der Waals surface area contributed by atoms with Crippen molar-refractivity contribution in [2.24, 2.45) is 0 Å². The maximum atomic E-state index is 13.5. The first kappa shape index (κ1) is 28.0. The zero-order valence-corrected chi connectivity index (χ0v) is 22.6. The van der Waals surface area contributed by atoms with Crippen molar-refractivity contribution in [1.29, 1.82) is 0 Å². The van der Waals surface area contributed by atoms with Gasteiger partial charge in [0.1, 0.15) is 12.6 Å². The third-order valence-electron chi connectivity index (χ3n) is 5.00. The SMILES string of the molecule is Cc1ccc(N(CC(=O)N(Cc2ccc(Cl)c(Cl)c2)[C@@H](C)C(=O)NC(C)(C)C)S(C)(=O)=O)cc1. The van der Waals surface area contributed by atoms with Gasteiger partial charge in [0.15, 0.2) is 0 Å². The summed E-state index contributed by atoms with van der Waals surface area (Å²) in [6.45, 7) is 8.58. The van der Waals surface area contributed by atoms with E-state index in [1.54, 1.807) is 49.4 Å². The average Bonchev–Trinajstić information content (AvgIpc) is 2.71. The Morgan fingerprint density at radius 3 is 2.12 bits per heavy atom. The fraction of sp³-hybridized carbons (Fsp3) is 0.417. The zero-order valence-electron chi connectivity index (χ0n) is 20.2. The molecule has 2 aromatic carbocycles. The molecule has 0 aliphatic heterocycles. The van der Waals surface area contributed by atoms with Crippen molar-refractivity contribution in [3.05, 3.63) is 63.6 Å². The van der Waals surface area contributed by atoms with E-state index in [0.29, 0.717) is 21.3 Å². The number of carbonyl (C=O) groups excluding carboxylic acids is 2. The van der Waals surface area contributed by atoms with Crippen LogP contribution in [-0.4, -0.2) is 49.5 Å². The maximum Gasteiger partial charge on any atom is 0.244 e. The van der Waals surface area contributed by atoms with E-state index in [0.717, 1.165) is 16.1 Å². The highest BCUT2D eigenvalue weighted by Gasteiger charge is 2.31. The molecule has 0 radical (unpaired) electrons. The van der Waals surface area contributed by atoms with Crippen LogP contribution >= 0.6 is 23.2 Å². The molecule has 0 heterocycles. The zero-order chi connectivity index (χ0) is 25.8. The Balaban J connectivity index is 2.42. The number of anilines is 1. The minimum Gasteiger partial charge on any atom is -0.350 e. The van der Waals surface area contributed by atoms with Crippen LogP contribution in [0, 0.1) is 6.92 Å². The second-order valence-electron chi connectivity index (χ2n) is 9.29. The molecule has 7 nitrogen and oxygen atoms in total. The molecule has 0 aliphatic carbocycles. The van der Waals surface area contributed by atoms with Crippen molar-refractivity contribution in [1.82, 2.24) is 10.2 Å². The van der Waals surface area contributed by atoms with Gasteiger partial charge in [0.05, 0.1) is 22.0 Å². The molecule has 0 saturated heterocycles. The smallest absolute Gasteiger partial charge is 0.244 e. The van der Waals surface area contributed by atoms with Crippen LogP contribution in [0.25, 0.3) is 0 Å². The highest BCUT2D eigenvalue weighted by atomic mass is 35.5. The molecule has 0 spiro atoms. The molecule has 0 unspecified atom stereocenters. The lowest BCUT2D eigenvalue weighted by atomic mass is 10.1. The molecule has 2 aromatic rings. The standard InChI is InChI=1S/C24H31Cl2N3O4S/c1-16-7-10-19(11-8-16)29(34(6,32)33)15-22(30)28(17(2)23(31)27-24(3,4)5)14-18-9-12-20(25)21(26)13-18/h7-13,17H,14-15H2,1-6H3,(H,27,31)/t17-/m0/s1. The third kappa shape index (κ3) is 7.89. The number of hydrogen-bond donors (Lipinski definition) is 1. The van der Waals surface area contributed by atoms with Gasteiger partial charge < -0.3 is 10.2 Å². The number of hydrogen-bond acceptors (Lipinski definition) is 4. The summed E-state index contributed by atoms with van der Waals surface area (Å²) in [5.41, 5.74) is 1.46. The number of carbonyl (C=O) groups is 2. The lowest BCUT2D eigenvalue weighted by Crippen LogP contribution is -2.54. The number of rotatable bonds is 8. The molecule has 1 N–H and O–H groups in total. The topological polar surface area (TPSA) is 86.8 Å². The van der Waals surface area contributed by atoms with Crippen molar-refractivity contribution in [2.75, 3.05) is 17.1 Å². The van der Waals surface area contributed by atoms with Gasteiger partial charge in [-0.05, 0) is 64.4 Å². The van der Waals surface area contributed by atoms with Crippen LogP contribution in [0.3, 0.4) is 0 Å². The van der Waals surface area contributed by atoms with E-state index in [4.69, 9.17) is 23.2 Å². The fourth-order valence-electron chi connectivity index (χ4n) is 3.22. The van der Waals surface area contributed by atoms with Crippen molar-refractivity contribution in [3.8, 4) is 0 Å². The Morgan fingerprint density at radius 2 is 1.62 bits per heavy atom. The summed E-state index contributed by atoms with van der Waals surface area (Å²) >= 11 is 12.2. The van der Waals surface area contributed by atoms with Gasteiger partial charge in [0, 0.05) is 12.1 Å². The van der Waals surface area contributed by atoms with E-state index in [2.05, 4.69) is 5.32 Å². The lowest BCUT2D eigenvalue weighted by molar-refractivity contribution is -0.140. The van der Waals surface area contributed by atoms with E-state index in [-0.39, 0.29) is 12.5 Å². The van der Waals surface area contributed by atoms with E-state index < -0.39 is 34.1 Å². The average molecular weight is 529 g/mol. The Bertz CT molecular complexity index is 1150. The molecule has 10 heteroatoms. The number of amides is 2. The molecule has 1 atom stereocenters. The summed E-state index contributed by atoms with van der Waals surface area (Å²) in [5.74, 6) is -0.893. The summed E-state index contributed by atoms with van der Waals surface area (Å²) < 4.78 is 26.1. The maximum absolute atomic E-state index is 13.5. The molecule has 0 bridgehead atoms. The van der Waals surface area contributed by atoms with Gasteiger partial charge in [0.2, 0.25) is 21.8 Å². The largest absolute Gasteiger partial charge is 0.350 e. The van der Waals surface area contributed by atoms with Crippen LogP contribution in [0.4, 0.5) is 5.69 Å². The van der Waals surface area contributed by atoms with Gasteiger partial charge in [-0.1, -0.05) is 47.0 Å². The van der Waals surface area contributed by atoms with Gasteiger partial charge in [-0.2, -0.15) is 0 Å². The first-order valence-electron chi connectivity index (χ1n) is 10.7. The van der Waals surface area contributed by atoms with Crippen molar-refractivity contribution in [3.63, 3.8) is 0 Å². The number of sulfonamides is 1. The highest BCUT2D eigenvalue weighted by Crippen LogP contribution is 2.24. The van der Waals surface area contributed by atoms with Crippen molar-refractivity contribution < 1.29 is 18.0 Å². The fourth-order valence-corrected chi connectivity index (χ4v) is 4.39. The molecule has 0 saturated carbocycles. The molecule has 2 rings (SSSR count). The number of benzene rings is 2. The predicted octanol–water partition coefficient (Wildman–Crippen LogP) is 4.40. The first-order valence-corrected chi connectivity index (χ1v) is 13.3. The summed E-state index contributed by atoms with van der Waals surface area (Å²) in [4.78, 5) is 27.8. The molecular formula is C24H31Cl2N3O4S. The Hall–Kier alpha value is -2.29. The number of nitrogens with one attached hydrogen (secondary N) is 1. The first-order chi connectivity index (χ1) is 15.6.